The van der Waals surface area contributed by atoms with Crippen LogP contribution in [0, 0.1) is 13.8 Å². The number of aryl methyl sites for hydroxylation is 2. The monoisotopic (exact) mass is 355 g/mol. The third-order valence-electron chi connectivity index (χ3n) is 3.96. The molecule has 0 aliphatic rings. The summed E-state index contributed by atoms with van der Waals surface area (Å²) in [6.07, 6.45) is -1.23. The minimum absolute atomic E-state index is 0.375. The molecule has 2 rings (SSSR count). The predicted molar refractivity (Wildman–Crippen MR) is 101 cm³/mol. The highest BCUT2D eigenvalue weighted by Gasteiger charge is 2.25. The highest BCUT2D eigenvalue weighted by molar-refractivity contribution is 5.95. The number of carbonyl (C=O) groups is 2. The number of esters is 1. The molecule has 2 aromatic rings. The number of hydrogen-bond donors (Lipinski definition) is 1. The summed E-state index contributed by atoms with van der Waals surface area (Å²) in [5.74, 6) is -0.344. The van der Waals surface area contributed by atoms with Crippen molar-refractivity contribution < 1.29 is 19.1 Å². The quantitative estimate of drug-likeness (QED) is 0.762. The minimum atomic E-state index is -0.920. The topological polar surface area (TPSA) is 64.6 Å². The van der Waals surface area contributed by atoms with Gasteiger partial charge in [0.25, 0.3) is 5.91 Å². The molecule has 0 fully saturated rings. The van der Waals surface area contributed by atoms with Gasteiger partial charge in [-0.15, -0.1) is 0 Å². The van der Waals surface area contributed by atoms with Crippen LogP contribution in [0.5, 0.6) is 5.75 Å². The fraction of sp³-hybridized carbons (Fsp3) is 0.333. The molecule has 0 aliphatic heterocycles. The Morgan fingerprint density at radius 1 is 1.08 bits per heavy atom. The van der Waals surface area contributed by atoms with Gasteiger partial charge in [0, 0.05) is 5.69 Å². The summed E-state index contributed by atoms with van der Waals surface area (Å²) >= 11 is 0. The van der Waals surface area contributed by atoms with E-state index < -0.39 is 18.2 Å². The number of benzene rings is 2. The first kappa shape index (κ1) is 19.5. The van der Waals surface area contributed by atoms with Gasteiger partial charge in [0.15, 0.2) is 12.2 Å². The number of rotatable bonds is 7. The van der Waals surface area contributed by atoms with E-state index in [2.05, 4.69) is 5.32 Å². The molecule has 1 amide bonds. The van der Waals surface area contributed by atoms with E-state index in [4.69, 9.17) is 9.47 Å². The van der Waals surface area contributed by atoms with Gasteiger partial charge >= 0.3 is 5.97 Å². The molecule has 2 atom stereocenters. The van der Waals surface area contributed by atoms with Gasteiger partial charge in [-0.2, -0.15) is 0 Å². The van der Waals surface area contributed by atoms with Crippen LogP contribution in [0.1, 0.15) is 31.4 Å². The van der Waals surface area contributed by atoms with Gasteiger partial charge in [-0.1, -0.05) is 42.8 Å². The number of para-hydroxylation sites is 1. The van der Waals surface area contributed by atoms with Crippen LogP contribution in [0.15, 0.2) is 48.5 Å². The van der Waals surface area contributed by atoms with Crippen molar-refractivity contribution in [2.75, 3.05) is 5.32 Å². The first-order valence-corrected chi connectivity index (χ1v) is 8.71. The first-order chi connectivity index (χ1) is 12.4. The maximum Gasteiger partial charge on any atom is 0.348 e. The van der Waals surface area contributed by atoms with Crippen LogP contribution in [0.25, 0.3) is 0 Å². The van der Waals surface area contributed by atoms with Crippen molar-refractivity contribution in [3.63, 3.8) is 0 Å². The van der Waals surface area contributed by atoms with E-state index in [1.807, 2.05) is 57.2 Å². The molecule has 1 N–H and O–H groups in total. The van der Waals surface area contributed by atoms with Crippen LogP contribution < -0.4 is 10.1 Å². The molecular weight excluding hydrogens is 330 g/mol. The maximum atomic E-state index is 12.3. The van der Waals surface area contributed by atoms with Crippen LogP contribution in [0.4, 0.5) is 5.69 Å². The van der Waals surface area contributed by atoms with E-state index in [-0.39, 0.29) is 5.91 Å². The average Bonchev–Trinajstić information content (AvgIpc) is 2.62. The van der Waals surface area contributed by atoms with Crippen LogP contribution in [-0.4, -0.2) is 24.1 Å². The molecule has 0 radical (unpaired) electrons. The Labute approximate surface area is 154 Å². The van der Waals surface area contributed by atoms with Gasteiger partial charge in [-0.05, 0) is 51.0 Å². The zero-order chi connectivity index (χ0) is 19.1. The normalized spacial score (nSPS) is 12.8. The summed E-state index contributed by atoms with van der Waals surface area (Å²) in [7, 11) is 0. The third-order valence-corrected chi connectivity index (χ3v) is 3.96. The van der Waals surface area contributed by atoms with E-state index in [1.54, 1.807) is 19.1 Å². The number of ether oxygens (including phenoxy) is 2. The molecule has 0 unspecified atom stereocenters. The van der Waals surface area contributed by atoms with Gasteiger partial charge in [0.05, 0.1) is 0 Å². The molecule has 138 valence electrons. The Morgan fingerprint density at radius 3 is 2.38 bits per heavy atom. The van der Waals surface area contributed by atoms with Crippen molar-refractivity contribution in [2.45, 2.75) is 46.3 Å². The molecule has 5 heteroatoms. The Kier molecular flexibility index (Phi) is 6.78. The standard InChI is InChI=1S/C21H25NO4/c1-5-19(26-17-9-7-6-8-10-17)21(24)25-16(4)20(23)22-18-12-11-14(2)13-15(18)3/h6-13,16,19H,5H2,1-4H3,(H,22,23)/t16-,19-/m1/s1. The lowest BCUT2D eigenvalue weighted by Crippen LogP contribution is -2.36. The van der Waals surface area contributed by atoms with Crippen molar-refractivity contribution in [1.29, 1.82) is 0 Å². The molecule has 2 aromatic carbocycles. The summed E-state index contributed by atoms with van der Waals surface area (Å²) in [4.78, 5) is 24.7. The fourth-order valence-electron chi connectivity index (χ4n) is 2.45. The lowest BCUT2D eigenvalue weighted by molar-refractivity contribution is -0.160. The average molecular weight is 355 g/mol. The van der Waals surface area contributed by atoms with E-state index in [0.717, 1.165) is 11.1 Å². The number of nitrogens with one attached hydrogen (secondary N) is 1. The highest BCUT2D eigenvalue weighted by Crippen LogP contribution is 2.17. The van der Waals surface area contributed by atoms with Crippen molar-refractivity contribution in [3.05, 3.63) is 59.7 Å². The molecule has 0 aromatic heterocycles. The number of carbonyl (C=O) groups excluding carboxylic acids is 2. The van der Waals surface area contributed by atoms with Crippen LogP contribution in [0.3, 0.4) is 0 Å². The second-order valence-electron chi connectivity index (χ2n) is 6.21. The molecule has 26 heavy (non-hydrogen) atoms. The lowest BCUT2D eigenvalue weighted by atomic mass is 10.1. The second-order valence-corrected chi connectivity index (χ2v) is 6.21. The number of anilines is 1. The molecule has 5 nitrogen and oxygen atoms in total. The predicted octanol–water partition coefficient (Wildman–Crippen LogP) is 4.03. The molecule has 0 aliphatic carbocycles. The van der Waals surface area contributed by atoms with Crippen molar-refractivity contribution in [2.24, 2.45) is 0 Å². The van der Waals surface area contributed by atoms with Gasteiger partial charge in [0.2, 0.25) is 0 Å². The Hall–Kier alpha value is -2.82. The SMILES string of the molecule is CC[C@@H](Oc1ccccc1)C(=O)O[C@H](C)C(=O)Nc1ccc(C)cc1C. The first-order valence-electron chi connectivity index (χ1n) is 8.71. The molecule has 0 heterocycles. The molecule has 0 bridgehead atoms. The summed E-state index contributed by atoms with van der Waals surface area (Å²) in [6.45, 7) is 7.28. The lowest BCUT2D eigenvalue weighted by Gasteiger charge is -2.20. The van der Waals surface area contributed by atoms with E-state index in [0.29, 0.717) is 17.9 Å². The Balaban J connectivity index is 1.94. The van der Waals surface area contributed by atoms with Gasteiger partial charge < -0.3 is 14.8 Å². The maximum absolute atomic E-state index is 12.3. The van der Waals surface area contributed by atoms with Crippen LogP contribution in [-0.2, 0) is 14.3 Å². The van der Waals surface area contributed by atoms with E-state index in [9.17, 15) is 9.59 Å². The minimum Gasteiger partial charge on any atom is -0.479 e. The highest BCUT2D eigenvalue weighted by atomic mass is 16.6. The summed E-state index contributed by atoms with van der Waals surface area (Å²) in [5.41, 5.74) is 2.77. The zero-order valence-electron chi connectivity index (χ0n) is 15.6. The van der Waals surface area contributed by atoms with Gasteiger partial charge in [0.1, 0.15) is 5.75 Å². The van der Waals surface area contributed by atoms with Gasteiger partial charge in [-0.3, -0.25) is 4.79 Å². The number of amides is 1. The largest absolute Gasteiger partial charge is 0.479 e. The smallest absolute Gasteiger partial charge is 0.348 e. The van der Waals surface area contributed by atoms with Crippen LogP contribution in [0.2, 0.25) is 0 Å². The number of hydrogen-bond acceptors (Lipinski definition) is 4. The van der Waals surface area contributed by atoms with Crippen molar-refractivity contribution in [1.82, 2.24) is 0 Å². The fourth-order valence-corrected chi connectivity index (χ4v) is 2.45. The van der Waals surface area contributed by atoms with E-state index in [1.165, 1.54) is 0 Å². The van der Waals surface area contributed by atoms with Crippen molar-refractivity contribution >= 4 is 17.6 Å². The Morgan fingerprint density at radius 2 is 1.77 bits per heavy atom. The molecule has 0 saturated carbocycles. The van der Waals surface area contributed by atoms with Gasteiger partial charge in [-0.25, -0.2) is 4.79 Å². The summed E-state index contributed by atoms with van der Waals surface area (Å²) in [6, 6.07) is 14.8. The summed E-state index contributed by atoms with van der Waals surface area (Å²) < 4.78 is 10.9. The zero-order valence-corrected chi connectivity index (χ0v) is 15.6. The Bertz CT molecular complexity index is 758. The third kappa shape index (κ3) is 5.34. The molecule has 0 spiro atoms. The van der Waals surface area contributed by atoms with Crippen molar-refractivity contribution in [3.8, 4) is 5.75 Å². The second kappa shape index (κ2) is 9.04. The van der Waals surface area contributed by atoms with E-state index >= 15 is 0 Å². The summed E-state index contributed by atoms with van der Waals surface area (Å²) in [5, 5.41) is 2.79. The molecule has 0 saturated heterocycles. The van der Waals surface area contributed by atoms with Crippen LogP contribution >= 0.6 is 0 Å². The molecular formula is C21H25NO4.